The van der Waals surface area contributed by atoms with Crippen LogP contribution in [-0.4, -0.2) is 41.2 Å². The minimum absolute atomic E-state index is 0.227. The van der Waals surface area contributed by atoms with Gasteiger partial charge in [-0.2, -0.15) is 0 Å². The summed E-state index contributed by atoms with van der Waals surface area (Å²) in [5, 5.41) is 2.90. The normalized spacial score (nSPS) is 12.3. The van der Waals surface area contributed by atoms with Gasteiger partial charge in [-0.3, -0.25) is 9.00 Å². The second-order valence-corrected chi connectivity index (χ2v) is 7.98. The summed E-state index contributed by atoms with van der Waals surface area (Å²) < 4.78 is 18.1. The molecule has 0 spiro atoms. The van der Waals surface area contributed by atoms with Crippen molar-refractivity contribution in [1.82, 2.24) is 10.2 Å². The Morgan fingerprint density at radius 3 is 2.63 bits per heavy atom. The van der Waals surface area contributed by atoms with Gasteiger partial charge in [0.1, 0.15) is 5.76 Å². The average Bonchev–Trinajstić information content (AvgIpc) is 3.13. The lowest BCUT2D eigenvalue weighted by Gasteiger charge is -2.19. The Hall–Kier alpha value is -1.92. The minimum Gasteiger partial charge on any atom is -0.455 e. The number of carbonyl (C=O) groups excluding carboxylic acids is 1. The van der Waals surface area contributed by atoms with Crippen LogP contribution in [0.5, 0.6) is 0 Å². The number of nitrogens with one attached hydrogen (secondary N) is 1. The van der Waals surface area contributed by atoms with Crippen LogP contribution in [0.25, 0.3) is 0 Å². The van der Waals surface area contributed by atoms with Gasteiger partial charge in [0.25, 0.3) is 5.91 Å². The zero-order valence-corrected chi connectivity index (χ0v) is 17.3. The first-order valence-corrected chi connectivity index (χ1v) is 10.9. The summed E-state index contributed by atoms with van der Waals surface area (Å²) in [4.78, 5) is 15.4. The molecule has 1 amide bonds. The molecule has 1 atom stereocenters. The van der Waals surface area contributed by atoms with E-state index in [1.165, 1.54) is 12.8 Å². The molecule has 0 radical (unpaired) electrons. The van der Waals surface area contributed by atoms with Crippen molar-refractivity contribution < 1.29 is 13.4 Å². The molecule has 5 nitrogen and oxygen atoms in total. The van der Waals surface area contributed by atoms with Crippen LogP contribution < -0.4 is 5.32 Å². The summed E-state index contributed by atoms with van der Waals surface area (Å²) in [6.45, 7) is 9.69. The Morgan fingerprint density at radius 2 is 1.93 bits per heavy atom. The number of rotatable bonds is 11. The van der Waals surface area contributed by atoms with Gasteiger partial charge >= 0.3 is 0 Å². The topological polar surface area (TPSA) is 62.6 Å². The van der Waals surface area contributed by atoms with E-state index in [0.717, 1.165) is 30.1 Å². The van der Waals surface area contributed by atoms with Crippen molar-refractivity contribution in [2.75, 3.05) is 26.2 Å². The number of hydrogen-bond donors (Lipinski definition) is 1. The van der Waals surface area contributed by atoms with E-state index in [0.29, 0.717) is 12.3 Å². The van der Waals surface area contributed by atoms with Crippen LogP contribution in [0.4, 0.5) is 0 Å². The maximum absolute atomic E-state index is 12.5. The van der Waals surface area contributed by atoms with Crippen LogP contribution in [0, 0.1) is 6.92 Å². The first-order valence-electron chi connectivity index (χ1n) is 9.58. The van der Waals surface area contributed by atoms with Gasteiger partial charge in [-0.15, -0.1) is 0 Å². The SMILES string of the molecule is CCCCN(CC)CCNC(=O)c1ccc(C[S@@](=O)c2ccccc2C)o1. The molecule has 0 bridgehead atoms. The molecule has 1 N–H and O–H groups in total. The monoisotopic (exact) mass is 390 g/mol. The number of nitrogens with zero attached hydrogens (tertiary/aromatic N) is 1. The summed E-state index contributed by atoms with van der Waals surface area (Å²) in [7, 11) is -1.19. The zero-order valence-electron chi connectivity index (χ0n) is 16.5. The van der Waals surface area contributed by atoms with Crippen molar-refractivity contribution in [2.24, 2.45) is 0 Å². The Kier molecular flexibility index (Phi) is 8.75. The highest BCUT2D eigenvalue weighted by atomic mass is 32.2. The molecular weight excluding hydrogens is 360 g/mol. The van der Waals surface area contributed by atoms with E-state index < -0.39 is 10.8 Å². The van der Waals surface area contributed by atoms with Crippen molar-refractivity contribution in [3.8, 4) is 0 Å². The van der Waals surface area contributed by atoms with Crippen LogP contribution in [0.2, 0.25) is 0 Å². The first-order chi connectivity index (χ1) is 13.0. The van der Waals surface area contributed by atoms with Gasteiger partial charge in [0.2, 0.25) is 0 Å². The number of hydrogen-bond acceptors (Lipinski definition) is 4. The van der Waals surface area contributed by atoms with E-state index in [-0.39, 0.29) is 17.4 Å². The van der Waals surface area contributed by atoms with Crippen LogP contribution in [-0.2, 0) is 16.6 Å². The summed E-state index contributed by atoms with van der Waals surface area (Å²) in [6.07, 6.45) is 2.34. The number of aryl methyl sites for hydroxylation is 1. The molecular formula is C21H30N2O3S. The zero-order chi connectivity index (χ0) is 19.6. The van der Waals surface area contributed by atoms with Crippen LogP contribution >= 0.6 is 0 Å². The molecule has 1 aromatic heterocycles. The van der Waals surface area contributed by atoms with Crippen LogP contribution in [0.15, 0.2) is 45.7 Å². The summed E-state index contributed by atoms with van der Waals surface area (Å²) >= 11 is 0. The third-order valence-electron chi connectivity index (χ3n) is 4.49. The lowest BCUT2D eigenvalue weighted by Crippen LogP contribution is -2.35. The van der Waals surface area contributed by atoms with Gasteiger partial charge in [0, 0.05) is 18.0 Å². The molecule has 0 aliphatic carbocycles. The molecule has 0 fully saturated rings. The molecule has 0 aliphatic rings. The second kappa shape index (κ2) is 11.0. The first kappa shape index (κ1) is 21.4. The third kappa shape index (κ3) is 6.63. The summed E-state index contributed by atoms with van der Waals surface area (Å²) in [5.74, 6) is 0.858. The fourth-order valence-electron chi connectivity index (χ4n) is 2.82. The highest BCUT2D eigenvalue weighted by Gasteiger charge is 2.14. The molecule has 6 heteroatoms. The minimum atomic E-state index is -1.19. The Balaban J connectivity index is 1.85. The number of carbonyl (C=O) groups is 1. The van der Waals surface area contributed by atoms with Crippen molar-refractivity contribution in [2.45, 2.75) is 44.3 Å². The molecule has 0 saturated heterocycles. The lowest BCUT2D eigenvalue weighted by atomic mass is 10.2. The van der Waals surface area contributed by atoms with Gasteiger partial charge < -0.3 is 14.6 Å². The van der Waals surface area contributed by atoms with Gasteiger partial charge in [0.15, 0.2) is 5.76 Å². The maximum Gasteiger partial charge on any atom is 0.287 e. The predicted octanol–water partition coefficient (Wildman–Crippen LogP) is 3.75. The third-order valence-corrected chi connectivity index (χ3v) is 5.98. The molecule has 1 heterocycles. The van der Waals surface area contributed by atoms with Crippen LogP contribution in [0.3, 0.4) is 0 Å². The Labute approximate surface area is 164 Å². The van der Waals surface area contributed by atoms with Gasteiger partial charge in [-0.1, -0.05) is 38.5 Å². The second-order valence-electron chi connectivity index (χ2n) is 6.57. The standard InChI is InChI=1S/C21H30N2O3S/c1-4-6-14-23(5-2)15-13-22-21(24)19-12-11-18(26-19)16-27(25)20-10-8-7-9-17(20)3/h7-12H,4-6,13-16H2,1-3H3,(H,22,24)/t27-/m1/s1. The number of amides is 1. The van der Waals surface area contributed by atoms with E-state index in [2.05, 4.69) is 24.1 Å². The van der Waals surface area contributed by atoms with Gasteiger partial charge in [-0.25, -0.2) is 0 Å². The smallest absolute Gasteiger partial charge is 0.287 e. The average molecular weight is 391 g/mol. The fourth-order valence-corrected chi connectivity index (χ4v) is 4.05. The summed E-state index contributed by atoms with van der Waals surface area (Å²) in [5.41, 5.74) is 0.990. The number of furan rings is 1. The van der Waals surface area contributed by atoms with E-state index in [1.807, 2.05) is 31.2 Å². The Morgan fingerprint density at radius 1 is 1.15 bits per heavy atom. The fraction of sp³-hybridized carbons (Fsp3) is 0.476. The predicted molar refractivity (Wildman–Crippen MR) is 109 cm³/mol. The number of unbranched alkanes of at least 4 members (excludes halogenated alkanes) is 1. The van der Waals surface area contributed by atoms with E-state index in [4.69, 9.17) is 4.42 Å². The van der Waals surface area contributed by atoms with Gasteiger partial charge in [-0.05, 0) is 50.2 Å². The Bertz CT molecular complexity index is 757. The van der Waals surface area contributed by atoms with Crippen molar-refractivity contribution in [3.63, 3.8) is 0 Å². The molecule has 1 aromatic carbocycles. The highest BCUT2D eigenvalue weighted by Crippen LogP contribution is 2.18. The number of likely N-dealkylation sites (N-methyl/N-ethyl adjacent to an activating group) is 1. The van der Waals surface area contributed by atoms with Crippen molar-refractivity contribution in [3.05, 3.63) is 53.5 Å². The van der Waals surface area contributed by atoms with E-state index in [9.17, 15) is 9.00 Å². The number of benzene rings is 1. The lowest BCUT2D eigenvalue weighted by molar-refractivity contribution is 0.0919. The van der Waals surface area contributed by atoms with E-state index in [1.54, 1.807) is 12.1 Å². The molecule has 148 valence electrons. The molecule has 0 saturated carbocycles. The van der Waals surface area contributed by atoms with Crippen LogP contribution in [0.1, 0.15) is 48.6 Å². The molecule has 0 aliphatic heterocycles. The quantitative estimate of drug-likeness (QED) is 0.635. The highest BCUT2D eigenvalue weighted by molar-refractivity contribution is 7.84. The summed E-state index contributed by atoms with van der Waals surface area (Å²) in [6, 6.07) is 11.0. The maximum atomic E-state index is 12.5. The van der Waals surface area contributed by atoms with Gasteiger partial charge in [0.05, 0.1) is 16.6 Å². The largest absolute Gasteiger partial charge is 0.455 e. The van der Waals surface area contributed by atoms with Crippen molar-refractivity contribution in [1.29, 1.82) is 0 Å². The van der Waals surface area contributed by atoms with Crippen molar-refractivity contribution >= 4 is 16.7 Å². The molecule has 2 rings (SSSR count). The molecule has 2 aromatic rings. The molecule has 27 heavy (non-hydrogen) atoms. The molecule has 0 unspecified atom stereocenters. The van der Waals surface area contributed by atoms with E-state index >= 15 is 0 Å².